The maximum Gasteiger partial charge on any atom is 0.389 e. The van der Waals surface area contributed by atoms with E-state index in [1.165, 1.54) is 31.5 Å². The van der Waals surface area contributed by atoms with Gasteiger partial charge < -0.3 is 10.1 Å². The highest BCUT2D eigenvalue weighted by atomic mass is 19.4. The Bertz CT molecular complexity index is 534. The van der Waals surface area contributed by atoms with Gasteiger partial charge in [-0.3, -0.25) is 4.90 Å². The van der Waals surface area contributed by atoms with Crippen LogP contribution >= 0.6 is 0 Å². The second-order valence-electron chi connectivity index (χ2n) is 6.44. The van der Waals surface area contributed by atoms with Crippen molar-refractivity contribution in [2.45, 2.75) is 50.4 Å². The van der Waals surface area contributed by atoms with Crippen molar-refractivity contribution in [1.29, 1.82) is 0 Å². The Kier molecular flexibility index (Phi) is 5.55. The first-order valence-corrected chi connectivity index (χ1v) is 8.48. The SMILES string of the molecule is FC(F)(F)CCc1ccnc(N[C@@H]2COC[C@H]2N2CCCCC2)n1. The fourth-order valence-electron chi connectivity index (χ4n) is 3.33. The summed E-state index contributed by atoms with van der Waals surface area (Å²) in [6, 6.07) is 1.87. The summed E-state index contributed by atoms with van der Waals surface area (Å²) in [4.78, 5) is 10.8. The average molecular weight is 344 g/mol. The minimum absolute atomic E-state index is 0.0703. The zero-order valence-electron chi connectivity index (χ0n) is 13.6. The second kappa shape index (κ2) is 7.65. The summed E-state index contributed by atoms with van der Waals surface area (Å²) in [7, 11) is 0. The van der Waals surface area contributed by atoms with Gasteiger partial charge in [0, 0.05) is 18.3 Å². The molecule has 2 aliphatic heterocycles. The Hall–Kier alpha value is -1.41. The number of alkyl halides is 3. The molecule has 0 amide bonds. The third kappa shape index (κ3) is 4.80. The lowest BCUT2D eigenvalue weighted by Gasteiger charge is -2.34. The summed E-state index contributed by atoms with van der Waals surface area (Å²) < 4.78 is 42.6. The van der Waals surface area contributed by atoms with Gasteiger partial charge in [-0.25, -0.2) is 9.97 Å². The molecule has 0 radical (unpaired) electrons. The van der Waals surface area contributed by atoms with E-state index in [1.54, 1.807) is 0 Å². The van der Waals surface area contributed by atoms with Crippen LogP contribution in [0.1, 0.15) is 31.4 Å². The molecule has 1 aromatic heterocycles. The van der Waals surface area contributed by atoms with Crippen molar-refractivity contribution in [3.63, 3.8) is 0 Å². The molecule has 0 aromatic carbocycles. The van der Waals surface area contributed by atoms with Crippen LogP contribution in [-0.4, -0.2) is 59.4 Å². The monoisotopic (exact) mass is 344 g/mol. The Balaban J connectivity index is 1.60. The molecule has 2 aliphatic rings. The van der Waals surface area contributed by atoms with Crippen LogP contribution in [0.25, 0.3) is 0 Å². The standard InChI is InChI=1S/C16H23F3N4O/c17-16(18,19)6-4-12-5-7-20-15(21-12)22-13-10-24-11-14(13)23-8-2-1-3-9-23/h5,7,13-14H,1-4,6,8-11H2,(H,20,21,22)/t13-,14-/m1/s1. The molecule has 0 aliphatic carbocycles. The smallest absolute Gasteiger partial charge is 0.378 e. The Morgan fingerprint density at radius 3 is 2.75 bits per heavy atom. The second-order valence-corrected chi connectivity index (χ2v) is 6.44. The molecular weight excluding hydrogens is 321 g/mol. The highest BCUT2D eigenvalue weighted by Gasteiger charge is 2.34. The van der Waals surface area contributed by atoms with Crippen LogP contribution in [0.4, 0.5) is 19.1 Å². The van der Waals surface area contributed by atoms with E-state index in [4.69, 9.17) is 4.74 Å². The number of piperidine rings is 1. The summed E-state index contributed by atoms with van der Waals surface area (Å²) in [5, 5.41) is 3.26. The van der Waals surface area contributed by atoms with Crippen molar-refractivity contribution in [2.75, 3.05) is 31.6 Å². The van der Waals surface area contributed by atoms with Gasteiger partial charge in [0.25, 0.3) is 0 Å². The highest BCUT2D eigenvalue weighted by Crippen LogP contribution is 2.23. The van der Waals surface area contributed by atoms with Crippen LogP contribution < -0.4 is 5.32 Å². The number of aryl methyl sites for hydroxylation is 1. The molecule has 0 unspecified atom stereocenters. The van der Waals surface area contributed by atoms with E-state index >= 15 is 0 Å². The Morgan fingerprint density at radius 2 is 2.00 bits per heavy atom. The van der Waals surface area contributed by atoms with Crippen LogP contribution in [0, 0.1) is 0 Å². The maximum absolute atomic E-state index is 12.3. The van der Waals surface area contributed by atoms with Gasteiger partial charge in [0.2, 0.25) is 5.95 Å². The Labute approximate surface area is 139 Å². The van der Waals surface area contributed by atoms with Crippen LogP contribution in [0.5, 0.6) is 0 Å². The zero-order valence-corrected chi connectivity index (χ0v) is 13.6. The number of anilines is 1. The minimum Gasteiger partial charge on any atom is -0.378 e. The first kappa shape index (κ1) is 17.4. The van der Waals surface area contributed by atoms with Crippen molar-refractivity contribution in [1.82, 2.24) is 14.9 Å². The summed E-state index contributed by atoms with van der Waals surface area (Å²) in [6.07, 6.45) is 0.0135. The molecule has 2 fully saturated rings. The number of ether oxygens (including phenoxy) is 1. The lowest BCUT2D eigenvalue weighted by Crippen LogP contribution is -2.48. The van der Waals surface area contributed by atoms with Gasteiger partial charge in [-0.1, -0.05) is 6.42 Å². The molecule has 8 heteroatoms. The normalized spacial score (nSPS) is 25.8. The molecule has 1 aromatic rings. The van der Waals surface area contributed by atoms with Crippen LogP contribution in [0.15, 0.2) is 12.3 Å². The molecule has 5 nitrogen and oxygen atoms in total. The van der Waals surface area contributed by atoms with Crippen molar-refractivity contribution in [3.05, 3.63) is 18.0 Å². The van der Waals surface area contributed by atoms with Crippen molar-refractivity contribution in [3.8, 4) is 0 Å². The number of aromatic nitrogens is 2. The number of hydrogen-bond donors (Lipinski definition) is 1. The van der Waals surface area contributed by atoms with Gasteiger partial charge in [-0.2, -0.15) is 13.2 Å². The maximum atomic E-state index is 12.3. The molecule has 1 N–H and O–H groups in total. The van der Waals surface area contributed by atoms with Gasteiger partial charge in [-0.05, 0) is 38.4 Å². The fraction of sp³-hybridized carbons (Fsp3) is 0.750. The number of halogens is 3. The van der Waals surface area contributed by atoms with Crippen molar-refractivity contribution < 1.29 is 17.9 Å². The number of nitrogens with zero attached hydrogens (tertiary/aromatic N) is 3. The lowest BCUT2D eigenvalue weighted by atomic mass is 10.1. The summed E-state index contributed by atoms with van der Waals surface area (Å²) in [5.74, 6) is 0.382. The third-order valence-electron chi connectivity index (χ3n) is 4.60. The van der Waals surface area contributed by atoms with E-state index in [0.717, 1.165) is 13.1 Å². The van der Waals surface area contributed by atoms with Gasteiger partial charge in [0.05, 0.1) is 25.3 Å². The highest BCUT2D eigenvalue weighted by molar-refractivity contribution is 5.28. The van der Waals surface area contributed by atoms with E-state index in [9.17, 15) is 13.2 Å². The van der Waals surface area contributed by atoms with Crippen LogP contribution in [0.3, 0.4) is 0 Å². The zero-order chi connectivity index (χ0) is 17.0. The number of hydrogen-bond acceptors (Lipinski definition) is 5. The van der Waals surface area contributed by atoms with Crippen molar-refractivity contribution >= 4 is 5.95 Å². The number of nitrogens with one attached hydrogen (secondary N) is 1. The van der Waals surface area contributed by atoms with Crippen molar-refractivity contribution in [2.24, 2.45) is 0 Å². The number of rotatable bonds is 5. The first-order chi connectivity index (χ1) is 11.5. The molecule has 0 saturated carbocycles. The Morgan fingerprint density at radius 1 is 1.21 bits per heavy atom. The molecule has 2 saturated heterocycles. The molecule has 134 valence electrons. The molecular formula is C16H23F3N4O. The van der Waals surface area contributed by atoms with E-state index in [2.05, 4.69) is 20.2 Å². The predicted octanol–water partition coefficient (Wildman–Crippen LogP) is 2.64. The van der Waals surface area contributed by atoms with Gasteiger partial charge >= 0.3 is 6.18 Å². The van der Waals surface area contributed by atoms with E-state index < -0.39 is 12.6 Å². The van der Waals surface area contributed by atoms with Crippen LogP contribution in [0.2, 0.25) is 0 Å². The molecule has 2 atom stereocenters. The van der Waals surface area contributed by atoms with Crippen LogP contribution in [-0.2, 0) is 11.2 Å². The predicted molar refractivity (Wildman–Crippen MR) is 83.8 cm³/mol. The number of likely N-dealkylation sites (tertiary alicyclic amines) is 1. The fourth-order valence-corrected chi connectivity index (χ4v) is 3.33. The van der Waals surface area contributed by atoms with E-state index in [-0.39, 0.29) is 18.5 Å². The van der Waals surface area contributed by atoms with E-state index in [0.29, 0.717) is 24.9 Å². The van der Waals surface area contributed by atoms with E-state index in [1.807, 2.05) is 0 Å². The van der Waals surface area contributed by atoms with Gasteiger partial charge in [-0.15, -0.1) is 0 Å². The molecule has 3 rings (SSSR count). The largest absolute Gasteiger partial charge is 0.389 e. The first-order valence-electron chi connectivity index (χ1n) is 8.48. The summed E-state index contributed by atoms with van der Waals surface area (Å²) in [6.45, 7) is 3.38. The average Bonchev–Trinajstić information content (AvgIpc) is 3.02. The molecule has 0 spiro atoms. The molecule has 24 heavy (non-hydrogen) atoms. The quantitative estimate of drug-likeness (QED) is 0.890. The third-order valence-corrected chi connectivity index (χ3v) is 4.60. The van der Waals surface area contributed by atoms with Gasteiger partial charge in [0.1, 0.15) is 0 Å². The van der Waals surface area contributed by atoms with Gasteiger partial charge in [0.15, 0.2) is 0 Å². The topological polar surface area (TPSA) is 50.3 Å². The minimum atomic E-state index is -4.17. The summed E-state index contributed by atoms with van der Waals surface area (Å²) in [5.41, 5.74) is 0.401. The lowest BCUT2D eigenvalue weighted by molar-refractivity contribution is -0.134. The summed E-state index contributed by atoms with van der Waals surface area (Å²) >= 11 is 0. The molecule has 0 bridgehead atoms. The molecule has 3 heterocycles.